The molecule has 0 aliphatic carbocycles. The van der Waals surface area contributed by atoms with Crippen LogP contribution in [0, 0.1) is 10.1 Å². The van der Waals surface area contributed by atoms with E-state index in [-0.39, 0.29) is 11.3 Å². The van der Waals surface area contributed by atoms with Crippen molar-refractivity contribution in [3.63, 3.8) is 0 Å². The van der Waals surface area contributed by atoms with Crippen LogP contribution < -0.4 is 5.32 Å². The number of benzene rings is 1. The van der Waals surface area contributed by atoms with Crippen LogP contribution >= 0.6 is 0 Å². The SMILES string of the molecule is O=C(C=Cc1ccccc1[N+](=O)[O-])NCC(O)C(=O)O. The van der Waals surface area contributed by atoms with Crippen molar-refractivity contribution < 1.29 is 24.7 Å². The molecule has 1 atom stereocenters. The molecule has 3 N–H and O–H groups in total. The average molecular weight is 280 g/mol. The van der Waals surface area contributed by atoms with Crippen molar-refractivity contribution in [2.45, 2.75) is 6.10 Å². The van der Waals surface area contributed by atoms with Crippen molar-refractivity contribution in [2.75, 3.05) is 6.54 Å². The van der Waals surface area contributed by atoms with Gasteiger partial charge in [0.2, 0.25) is 5.91 Å². The molecule has 0 heterocycles. The van der Waals surface area contributed by atoms with Gasteiger partial charge in [0.25, 0.3) is 5.69 Å². The minimum Gasteiger partial charge on any atom is -0.479 e. The lowest BCUT2D eigenvalue weighted by Crippen LogP contribution is -2.35. The van der Waals surface area contributed by atoms with Gasteiger partial charge in [0.15, 0.2) is 6.10 Å². The highest BCUT2D eigenvalue weighted by atomic mass is 16.6. The molecule has 1 aromatic rings. The van der Waals surface area contributed by atoms with E-state index in [1.54, 1.807) is 6.07 Å². The van der Waals surface area contributed by atoms with Crippen molar-refractivity contribution in [3.8, 4) is 0 Å². The van der Waals surface area contributed by atoms with Crippen molar-refractivity contribution in [1.82, 2.24) is 5.32 Å². The monoisotopic (exact) mass is 280 g/mol. The number of carbonyl (C=O) groups excluding carboxylic acids is 1. The van der Waals surface area contributed by atoms with E-state index in [9.17, 15) is 19.7 Å². The Hall–Kier alpha value is -2.74. The molecule has 1 aromatic carbocycles. The maximum Gasteiger partial charge on any atom is 0.334 e. The molecule has 1 amide bonds. The van der Waals surface area contributed by atoms with Gasteiger partial charge in [0.05, 0.1) is 17.0 Å². The number of hydrogen-bond acceptors (Lipinski definition) is 5. The molecule has 106 valence electrons. The van der Waals surface area contributed by atoms with Gasteiger partial charge in [-0.25, -0.2) is 4.79 Å². The van der Waals surface area contributed by atoms with E-state index < -0.39 is 29.4 Å². The van der Waals surface area contributed by atoms with E-state index in [0.29, 0.717) is 0 Å². The largest absolute Gasteiger partial charge is 0.479 e. The number of hydrogen-bond donors (Lipinski definition) is 3. The number of nitro groups is 1. The number of carboxylic acids is 1. The molecule has 0 fully saturated rings. The fourth-order valence-corrected chi connectivity index (χ4v) is 1.30. The number of carbonyl (C=O) groups is 2. The molecule has 0 spiro atoms. The van der Waals surface area contributed by atoms with Gasteiger partial charge in [-0.2, -0.15) is 0 Å². The van der Waals surface area contributed by atoms with E-state index in [1.165, 1.54) is 24.3 Å². The quantitative estimate of drug-likeness (QED) is 0.387. The summed E-state index contributed by atoms with van der Waals surface area (Å²) in [7, 11) is 0. The summed E-state index contributed by atoms with van der Waals surface area (Å²) in [6.07, 6.45) is 0.566. The van der Waals surface area contributed by atoms with Crippen LogP contribution in [0.3, 0.4) is 0 Å². The average Bonchev–Trinajstić information content (AvgIpc) is 2.42. The van der Waals surface area contributed by atoms with Crippen molar-refractivity contribution in [3.05, 3.63) is 46.0 Å². The predicted molar refractivity (Wildman–Crippen MR) is 68.8 cm³/mol. The number of aliphatic carboxylic acids is 1. The van der Waals surface area contributed by atoms with Gasteiger partial charge in [-0.3, -0.25) is 14.9 Å². The molecule has 20 heavy (non-hydrogen) atoms. The third-order valence-electron chi connectivity index (χ3n) is 2.30. The van der Waals surface area contributed by atoms with Gasteiger partial charge in [0, 0.05) is 12.1 Å². The summed E-state index contributed by atoms with van der Waals surface area (Å²) in [6.45, 7) is -0.449. The van der Waals surface area contributed by atoms with Gasteiger partial charge in [0.1, 0.15) is 0 Å². The zero-order chi connectivity index (χ0) is 15.1. The Labute approximate surface area is 113 Å². The third-order valence-corrected chi connectivity index (χ3v) is 2.30. The summed E-state index contributed by atoms with van der Waals surface area (Å²) in [6, 6.07) is 5.84. The fourth-order valence-electron chi connectivity index (χ4n) is 1.30. The lowest BCUT2D eigenvalue weighted by Gasteiger charge is -2.05. The highest BCUT2D eigenvalue weighted by molar-refractivity contribution is 5.92. The molecule has 8 nitrogen and oxygen atoms in total. The number of nitro benzene ring substituents is 1. The number of aliphatic hydroxyl groups excluding tert-OH is 1. The lowest BCUT2D eigenvalue weighted by atomic mass is 10.1. The second kappa shape index (κ2) is 7.00. The zero-order valence-corrected chi connectivity index (χ0v) is 10.2. The Kier molecular flexibility index (Phi) is 5.36. The number of para-hydroxylation sites is 1. The number of amides is 1. The molecule has 0 saturated carbocycles. The van der Waals surface area contributed by atoms with Crippen LogP contribution in [0.4, 0.5) is 5.69 Å². The number of rotatable bonds is 6. The van der Waals surface area contributed by atoms with Gasteiger partial charge in [-0.05, 0) is 12.1 Å². The van der Waals surface area contributed by atoms with Crippen LogP contribution in [-0.4, -0.2) is 39.7 Å². The summed E-state index contributed by atoms with van der Waals surface area (Å²) in [5.41, 5.74) is 0.0913. The standard InChI is InChI=1S/C12H12N2O6/c15-10(12(17)18)7-13-11(16)6-5-8-3-1-2-4-9(8)14(19)20/h1-6,10,15H,7H2,(H,13,16)(H,17,18). The van der Waals surface area contributed by atoms with Crippen LogP contribution in [0.25, 0.3) is 6.08 Å². The summed E-state index contributed by atoms with van der Waals surface area (Å²) in [5, 5.41) is 30.2. The maximum absolute atomic E-state index is 11.4. The fraction of sp³-hybridized carbons (Fsp3) is 0.167. The maximum atomic E-state index is 11.4. The van der Waals surface area contributed by atoms with Crippen molar-refractivity contribution in [2.24, 2.45) is 0 Å². The Balaban J connectivity index is 2.66. The molecule has 1 rings (SSSR count). The molecule has 1 unspecified atom stereocenters. The lowest BCUT2D eigenvalue weighted by molar-refractivity contribution is -0.385. The topological polar surface area (TPSA) is 130 Å². The highest BCUT2D eigenvalue weighted by Crippen LogP contribution is 2.18. The third kappa shape index (κ3) is 4.50. The molecule has 0 aromatic heterocycles. The first-order chi connectivity index (χ1) is 9.41. The molecular weight excluding hydrogens is 268 g/mol. The minimum atomic E-state index is -1.70. The molecule has 0 saturated heterocycles. The van der Waals surface area contributed by atoms with Crippen molar-refractivity contribution >= 4 is 23.6 Å². The molecule has 0 bridgehead atoms. The summed E-state index contributed by atoms with van der Waals surface area (Å²) >= 11 is 0. The first-order valence-corrected chi connectivity index (χ1v) is 5.52. The summed E-state index contributed by atoms with van der Waals surface area (Å²) < 4.78 is 0. The van der Waals surface area contributed by atoms with E-state index in [1.807, 2.05) is 0 Å². The Morgan fingerprint density at radius 3 is 2.65 bits per heavy atom. The summed E-state index contributed by atoms with van der Waals surface area (Å²) in [4.78, 5) is 31.8. The first-order valence-electron chi connectivity index (χ1n) is 5.52. The van der Waals surface area contributed by atoms with E-state index in [2.05, 4.69) is 5.32 Å². The van der Waals surface area contributed by atoms with E-state index in [4.69, 9.17) is 10.2 Å². The normalized spacial score (nSPS) is 12.1. The molecule has 0 radical (unpaired) electrons. The first kappa shape index (κ1) is 15.3. The van der Waals surface area contributed by atoms with Gasteiger partial charge in [-0.1, -0.05) is 12.1 Å². The minimum absolute atomic E-state index is 0.151. The number of aliphatic hydroxyl groups is 1. The van der Waals surface area contributed by atoms with Gasteiger partial charge < -0.3 is 15.5 Å². The van der Waals surface area contributed by atoms with Crippen molar-refractivity contribution in [1.29, 1.82) is 0 Å². The molecule has 0 aliphatic heterocycles. The Bertz CT molecular complexity index is 555. The van der Waals surface area contributed by atoms with Crippen LogP contribution in [0.1, 0.15) is 5.56 Å². The van der Waals surface area contributed by atoms with Crippen LogP contribution in [0.15, 0.2) is 30.3 Å². The molecular formula is C12H12N2O6. The van der Waals surface area contributed by atoms with Crippen LogP contribution in [0.2, 0.25) is 0 Å². The number of nitrogens with one attached hydrogen (secondary N) is 1. The van der Waals surface area contributed by atoms with Gasteiger partial charge >= 0.3 is 5.97 Å². The van der Waals surface area contributed by atoms with Gasteiger partial charge in [-0.15, -0.1) is 0 Å². The molecule has 8 heteroatoms. The summed E-state index contributed by atoms with van der Waals surface area (Å²) in [5.74, 6) is -2.11. The number of carboxylic acid groups (broad SMARTS) is 1. The van der Waals surface area contributed by atoms with E-state index >= 15 is 0 Å². The smallest absolute Gasteiger partial charge is 0.334 e. The second-order valence-corrected chi connectivity index (χ2v) is 3.75. The zero-order valence-electron chi connectivity index (χ0n) is 10.2. The van der Waals surface area contributed by atoms with Crippen LogP contribution in [-0.2, 0) is 9.59 Å². The highest BCUT2D eigenvalue weighted by Gasteiger charge is 2.13. The Morgan fingerprint density at radius 2 is 2.05 bits per heavy atom. The molecule has 0 aliphatic rings. The van der Waals surface area contributed by atoms with E-state index in [0.717, 1.165) is 6.08 Å². The predicted octanol–water partition coefficient (Wildman–Crippen LogP) is 0.170. The van der Waals surface area contributed by atoms with Crippen LogP contribution in [0.5, 0.6) is 0 Å². The second-order valence-electron chi connectivity index (χ2n) is 3.75. The number of nitrogens with zero attached hydrogens (tertiary/aromatic N) is 1. The Morgan fingerprint density at radius 1 is 1.40 bits per heavy atom.